The number of carbonyl (C=O) groups is 2. The highest BCUT2D eigenvalue weighted by molar-refractivity contribution is 9.10. The van der Waals surface area contributed by atoms with Gasteiger partial charge in [-0.2, -0.15) is 0 Å². The van der Waals surface area contributed by atoms with Crippen molar-refractivity contribution in [2.45, 2.75) is 13.3 Å². The lowest BCUT2D eigenvalue weighted by molar-refractivity contribution is -0.135. The van der Waals surface area contributed by atoms with E-state index in [0.717, 1.165) is 16.5 Å². The highest BCUT2D eigenvalue weighted by atomic mass is 79.9. The monoisotopic (exact) mass is 267 g/mol. The van der Waals surface area contributed by atoms with Crippen LogP contribution in [0.5, 0.6) is 0 Å². The molecule has 2 rings (SSSR count). The molecule has 1 radical (unpaired) electrons. The number of anilines is 1. The average Bonchev–Trinajstić information content (AvgIpc) is 2.19. The van der Waals surface area contributed by atoms with E-state index >= 15 is 0 Å². The third-order valence-electron chi connectivity index (χ3n) is 2.19. The maximum Gasteiger partial charge on any atom is 0.335 e. The van der Waals surface area contributed by atoms with E-state index in [1.807, 2.05) is 13.0 Å². The predicted molar refractivity (Wildman–Crippen MR) is 59.0 cm³/mol. The molecule has 0 unspecified atom stereocenters. The summed E-state index contributed by atoms with van der Waals surface area (Å²) in [5.41, 5.74) is 2.10. The van der Waals surface area contributed by atoms with Crippen molar-refractivity contribution in [3.8, 4) is 0 Å². The molecule has 0 spiro atoms. The number of hydrogen-bond donors (Lipinski definition) is 1. The third-order valence-corrected chi connectivity index (χ3v) is 2.65. The number of halogens is 1. The summed E-state index contributed by atoms with van der Waals surface area (Å²) in [5, 5.41) is 6.28. The van der Waals surface area contributed by atoms with Crippen molar-refractivity contribution in [2.75, 3.05) is 5.32 Å². The van der Waals surface area contributed by atoms with Crippen molar-refractivity contribution in [3.05, 3.63) is 22.2 Å². The molecule has 15 heavy (non-hydrogen) atoms. The molecule has 0 fully saturated rings. The lowest BCUT2D eigenvalue weighted by Crippen LogP contribution is -2.33. The van der Waals surface area contributed by atoms with Crippen LogP contribution in [0.2, 0.25) is 0 Å². The fourth-order valence-corrected chi connectivity index (χ4v) is 1.99. The Hall–Kier alpha value is -1.36. The van der Waals surface area contributed by atoms with Gasteiger partial charge in [0.2, 0.25) is 0 Å². The minimum atomic E-state index is -0.737. The van der Waals surface area contributed by atoms with Crippen molar-refractivity contribution in [1.29, 1.82) is 0 Å². The van der Waals surface area contributed by atoms with Crippen molar-refractivity contribution in [2.24, 2.45) is 0 Å². The van der Waals surface area contributed by atoms with Gasteiger partial charge >= 0.3 is 11.8 Å². The highest BCUT2D eigenvalue weighted by Crippen LogP contribution is 2.33. The molecule has 0 saturated heterocycles. The van der Waals surface area contributed by atoms with E-state index < -0.39 is 11.8 Å². The molecule has 5 heteroatoms. The number of nitrogens with one attached hydrogen (secondary N) is 1. The van der Waals surface area contributed by atoms with E-state index in [1.54, 1.807) is 6.07 Å². The fraction of sp³-hybridized carbons (Fsp3) is 0.200. The number of rotatable bonds is 1. The number of carbonyl (C=O) groups excluding carboxylic acids is 2. The van der Waals surface area contributed by atoms with Gasteiger partial charge in [-0.3, -0.25) is 9.59 Å². The first-order chi connectivity index (χ1) is 7.11. The van der Waals surface area contributed by atoms with E-state index in [0.29, 0.717) is 11.4 Å². The molecule has 77 valence electrons. The highest BCUT2D eigenvalue weighted by Gasteiger charge is 2.26. The summed E-state index contributed by atoms with van der Waals surface area (Å²) in [4.78, 5) is 22.2. The number of amides is 2. The normalized spacial score (nSPS) is 14.3. The van der Waals surface area contributed by atoms with Crippen LogP contribution in [-0.4, -0.2) is 11.8 Å². The molecular weight excluding hydrogens is 260 g/mol. The van der Waals surface area contributed by atoms with Crippen LogP contribution in [0.15, 0.2) is 16.6 Å². The first-order valence-corrected chi connectivity index (χ1v) is 5.30. The lowest BCUT2D eigenvalue weighted by Gasteiger charge is -2.18. The number of hydrogen-bond acceptors (Lipinski definition) is 2. The Labute approximate surface area is 95.2 Å². The zero-order valence-electron chi connectivity index (χ0n) is 8.00. The van der Waals surface area contributed by atoms with Gasteiger partial charge < -0.3 is 5.32 Å². The molecule has 1 aromatic carbocycles. The minimum absolute atomic E-state index is 0.574. The van der Waals surface area contributed by atoms with E-state index in [-0.39, 0.29) is 0 Å². The van der Waals surface area contributed by atoms with Crippen molar-refractivity contribution in [3.63, 3.8) is 0 Å². The molecule has 0 aromatic heterocycles. The first kappa shape index (κ1) is 10.2. The summed E-state index contributed by atoms with van der Waals surface area (Å²) >= 11 is 3.34. The van der Waals surface area contributed by atoms with E-state index in [2.05, 4.69) is 26.6 Å². The second-order valence-corrected chi connectivity index (χ2v) is 4.10. The smallest absolute Gasteiger partial charge is 0.316 e. The van der Waals surface area contributed by atoms with Gasteiger partial charge in [0.05, 0.1) is 11.4 Å². The Balaban J connectivity index is 2.56. The summed E-state index contributed by atoms with van der Waals surface area (Å²) in [6.07, 6.45) is 0.758. The Morgan fingerprint density at radius 1 is 1.40 bits per heavy atom. The van der Waals surface area contributed by atoms with E-state index in [1.165, 1.54) is 0 Å². The third kappa shape index (κ3) is 1.74. The summed E-state index contributed by atoms with van der Waals surface area (Å²) in [5.74, 6) is -1.41. The van der Waals surface area contributed by atoms with Crippen molar-refractivity contribution < 1.29 is 9.59 Å². The summed E-state index contributed by atoms with van der Waals surface area (Å²) in [6, 6.07) is 3.63. The van der Waals surface area contributed by atoms with Crippen LogP contribution in [-0.2, 0) is 16.0 Å². The van der Waals surface area contributed by atoms with Gasteiger partial charge in [-0.1, -0.05) is 22.9 Å². The van der Waals surface area contributed by atoms with E-state index in [9.17, 15) is 9.59 Å². The minimum Gasteiger partial charge on any atom is -0.316 e. The van der Waals surface area contributed by atoms with Crippen LogP contribution in [0.25, 0.3) is 0 Å². The zero-order valence-corrected chi connectivity index (χ0v) is 9.59. The number of aryl methyl sites for hydroxylation is 1. The molecule has 4 nitrogen and oxygen atoms in total. The standard InChI is InChI=1S/C10H8BrN2O2/c1-2-5-3-6(11)4-7-8(5)13-10(15)9(14)12-7/h3-4H,2H2,1H3,(H,12,14). The Morgan fingerprint density at radius 3 is 2.80 bits per heavy atom. The van der Waals surface area contributed by atoms with Crippen LogP contribution in [0.4, 0.5) is 11.4 Å². The quantitative estimate of drug-likeness (QED) is 0.788. The van der Waals surface area contributed by atoms with Gasteiger partial charge in [0.25, 0.3) is 0 Å². The largest absolute Gasteiger partial charge is 0.335 e. The van der Waals surface area contributed by atoms with Crippen LogP contribution in [0.1, 0.15) is 12.5 Å². The van der Waals surface area contributed by atoms with Gasteiger partial charge in [-0.15, -0.1) is 0 Å². The fourth-order valence-electron chi connectivity index (χ4n) is 1.48. The molecule has 2 amide bonds. The Kier molecular flexibility index (Phi) is 2.48. The Morgan fingerprint density at radius 2 is 2.13 bits per heavy atom. The summed E-state index contributed by atoms with van der Waals surface area (Å²) in [7, 11) is 0. The van der Waals surface area contributed by atoms with Gasteiger partial charge in [0, 0.05) is 4.47 Å². The van der Waals surface area contributed by atoms with E-state index in [4.69, 9.17) is 0 Å². The molecule has 0 saturated carbocycles. The molecule has 1 heterocycles. The SMILES string of the molecule is CCc1cc(Br)cc2c1[N]C(=O)C(=O)N2. The predicted octanol–water partition coefficient (Wildman–Crippen LogP) is 1.73. The maximum atomic E-state index is 11.1. The molecule has 0 aliphatic carbocycles. The van der Waals surface area contributed by atoms with Gasteiger partial charge in [0.1, 0.15) is 0 Å². The summed E-state index contributed by atoms with van der Waals surface area (Å²) in [6.45, 7) is 1.97. The number of benzene rings is 1. The van der Waals surface area contributed by atoms with Crippen LogP contribution < -0.4 is 10.6 Å². The van der Waals surface area contributed by atoms with Gasteiger partial charge in [-0.25, -0.2) is 5.32 Å². The summed E-state index contributed by atoms with van der Waals surface area (Å²) < 4.78 is 0.864. The lowest BCUT2D eigenvalue weighted by atomic mass is 10.1. The number of nitrogens with zero attached hydrogens (tertiary/aromatic N) is 1. The molecule has 0 atom stereocenters. The first-order valence-electron chi connectivity index (χ1n) is 4.51. The molecular formula is C10H8BrN2O2. The van der Waals surface area contributed by atoms with Gasteiger partial charge in [-0.05, 0) is 24.1 Å². The number of fused-ring (bicyclic) bond motifs is 1. The molecule has 1 aliphatic rings. The van der Waals surface area contributed by atoms with Crippen molar-refractivity contribution >= 4 is 39.1 Å². The van der Waals surface area contributed by atoms with Gasteiger partial charge in [0.15, 0.2) is 0 Å². The second-order valence-electron chi connectivity index (χ2n) is 3.19. The van der Waals surface area contributed by atoms with Crippen LogP contribution in [0, 0.1) is 0 Å². The maximum absolute atomic E-state index is 11.1. The second kappa shape index (κ2) is 3.66. The molecule has 1 N–H and O–H groups in total. The van der Waals surface area contributed by atoms with Crippen LogP contribution >= 0.6 is 15.9 Å². The molecule has 1 aromatic rings. The average molecular weight is 268 g/mol. The van der Waals surface area contributed by atoms with Crippen molar-refractivity contribution in [1.82, 2.24) is 5.32 Å². The zero-order chi connectivity index (χ0) is 11.0. The van der Waals surface area contributed by atoms with Crippen LogP contribution in [0.3, 0.4) is 0 Å². The topological polar surface area (TPSA) is 60.3 Å². The molecule has 0 bridgehead atoms. The molecule has 1 aliphatic heterocycles. The Bertz CT molecular complexity index is 457.